The lowest BCUT2D eigenvalue weighted by molar-refractivity contribution is 0.448. The van der Waals surface area contributed by atoms with Crippen LogP contribution < -0.4 is 10.6 Å². The molecule has 12 heavy (non-hydrogen) atoms. The molecule has 2 rings (SSSR count). The van der Waals surface area contributed by atoms with Crippen molar-refractivity contribution < 1.29 is 0 Å². The average molecular weight is 168 g/mol. The normalized spacial score (nSPS) is 31.5. The molecule has 0 amide bonds. The molecule has 0 aromatic carbocycles. The summed E-state index contributed by atoms with van der Waals surface area (Å²) >= 11 is 0. The van der Waals surface area contributed by atoms with Gasteiger partial charge in [0.2, 0.25) is 0 Å². The van der Waals surface area contributed by atoms with Crippen molar-refractivity contribution in [2.24, 2.45) is 5.92 Å². The van der Waals surface area contributed by atoms with Crippen molar-refractivity contribution in [1.29, 1.82) is 0 Å². The Balaban J connectivity index is 1.60. The summed E-state index contributed by atoms with van der Waals surface area (Å²) in [6.07, 6.45) is 7.10. The quantitative estimate of drug-likeness (QED) is 0.660. The molecular weight excluding hydrogens is 148 g/mol. The van der Waals surface area contributed by atoms with Crippen LogP contribution in [0.4, 0.5) is 0 Å². The van der Waals surface area contributed by atoms with Crippen LogP contribution in [0.25, 0.3) is 0 Å². The highest BCUT2D eigenvalue weighted by Gasteiger charge is 2.18. The molecule has 70 valence electrons. The maximum atomic E-state index is 3.68. The maximum Gasteiger partial charge on any atom is 0.00671 e. The lowest BCUT2D eigenvalue weighted by Gasteiger charge is -2.14. The van der Waals surface area contributed by atoms with Crippen LogP contribution in [0.3, 0.4) is 0 Å². The molecule has 1 saturated carbocycles. The summed E-state index contributed by atoms with van der Waals surface area (Å²) in [5.41, 5.74) is 0. The highest BCUT2D eigenvalue weighted by atomic mass is 15.0. The molecule has 0 aromatic rings. The minimum absolute atomic E-state index is 0.852. The second-order valence-electron chi connectivity index (χ2n) is 4.25. The van der Waals surface area contributed by atoms with Crippen LogP contribution in [0.1, 0.15) is 32.1 Å². The fourth-order valence-corrected chi connectivity index (χ4v) is 2.35. The highest BCUT2D eigenvalue weighted by Crippen LogP contribution is 2.18. The van der Waals surface area contributed by atoms with Crippen molar-refractivity contribution in [3.8, 4) is 0 Å². The summed E-state index contributed by atoms with van der Waals surface area (Å²) in [6, 6.07) is 0.852. The van der Waals surface area contributed by atoms with Crippen LogP contribution >= 0.6 is 0 Å². The molecular formula is C10H20N2. The molecule has 2 heteroatoms. The topological polar surface area (TPSA) is 24.1 Å². The summed E-state index contributed by atoms with van der Waals surface area (Å²) < 4.78 is 0. The summed E-state index contributed by atoms with van der Waals surface area (Å²) in [7, 11) is 0. The summed E-state index contributed by atoms with van der Waals surface area (Å²) in [5.74, 6) is 0.908. The maximum absolute atomic E-state index is 3.68. The van der Waals surface area contributed by atoms with Gasteiger partial charge in [-0.3, -0.25) is 0 Å². The minimum Gasteiger partial charge on any atom is -0.316 e. The van der Waals surface area contributed by atoms with Crippen molar-refractivity contribution >= 4 is 0 Å². The van der Waals surface area contributed by atoms with Gasteiger partial charge < -0.3 is 10.6 Å². The molecule has 1 heterocycles. The van der Waals surface area contributed by atoms with Crippen molar-refractivity contribution in [2.75, 3.05) is 19.6 Å². The molecule has 0 spiro atoms. The lowest BCUT2D eigenvalue weighted by Crippen LogP contribution is -2.32. The molecule has 1 aliphatic carbocycles. The monoisotopic (exact) mass is 168 g/mol. The van der Waals surface area contributed by atoms with Gasteiger partial charge in [0.05, 0.1) is 0 Å². The molecule has 1 unspecified atom stereocenters. The molecule has 2 N–H and O–H groups in total. The zero-order valence-electron chi connectivity index (χ0n) is 7.81. The first kappa shape index (κ1) is 8.52. The Labute approximate surface area is 75.1 Å². The second-order valence-corrected chi connectivity index (χ2v) is 4.25. The predicted octanol–water partition coefficient (Wildman–Crippen LogP) is 1.13. The van der Waals surface area contributed by atoms with Gasteiger partial charge in [-0.05, 0) is 44.8 Å². The van der Waals surface area contributed by atoms with Crippen molar-refractivity contribution in [3.63, 3.8) is 0 Å². The lowest BCUT2D eigenvalue weighted by atomic mass is 10.1. The van der Waals surface area contributed by atoms with E-state index in [9.17, 15) is 0 Å². The Bertz CT molecular complexity index is 108. The van der Waals surface area contributed by atoms with Crippen molar-refractivity contribution in [3.05, 3.63) is 0 Å². The van der Waals surface area contributed by atoms with Crippen LogP contribution in [-0.4, -0.2) is 25.7 Å². The molecule has 2 fully saturated rings. The fourth-order valence-electron chi connectivity index (χ4n) is 2.35. The van der Waals surface area contributed by atoms with Gasteiger partial charge in [-0.2, -0.15) is 0 Å². The van der Waals surface area contributed by atoms with Gasteiger partial charge in [-0.15, -0.1) is 0 Å². The van der Waals surface area contributed by atoms with Gasteiger partial charge in [0.25, 0.3) is 0 Å². The zero-order valence-corrected chi connectivity index (χ0v) is 7.81. The first-order chi connectivity index (χ1) is 5.95. The first-order valence-electron chi connectivity index (χ1n) is 5.39. The van der Waals surface area contributed by atoms with Gasteiger partial charge >= 0.3 is 0 Å². The van der Waals surface area contributed by atoms with E-state index in [1.54, 1.807) is 0 Å². The van der Waals surface area contributed by atoms with E-state index in [4.69, 9.17) is 0 Å². The van der Waals surface area contributed by atoms with E-state index in [-0.39, 0.29) is 0 Å². The molecule has 0 bridgehead atoms. The number of hydrogen-bond donors (Lipinski definition) is 2. The van der Waals surface area contributed by atoms with Crippen LogP contribution in [0.5, 0.6) is 0 Å². The predicted molar refractivity (Wildman–Crippen MR) is 51.2 cm³/mol. The first-order valence-corrected chi connectivity index (χ1v) is 5.39. The number of rotatable bonds is 3. The number of hydrogen-bond acceptors (Lipinski definition) is 2. The highest BCUT2D eigenvalue weighted by molar-refractivity contribution is 4.78. The van der Waals surface area contributed by atoms with Crippen LogP contribution in [0.15, 0.2) is 0 Å². The smallest absolute Gasteiger partial charge is 0.00671 e. The Hall–Kier alpha value is -0.0800. The molecule has 1 saturated heterocycles. The second kappa shape index (κ2) is 4.24. The molecule has 2 nitrogen and oxygen atoms in total. The molecule has 1 aliphatic heterocycles. The molecule has 2 aliphatic rings. The van der Waals surface area contributed by atoms with Crippen molar-refractivity contribution in [1.82, 2.24) is 10.6 Å². The van der Waals surface area contributed by atoms with E-state index in [1.165, 1.54) is 51.7 Å². The Morgan fingerprint density at radius 2 is 2.00 bits per heavy atom. The summed E-state index contributed by atoms with van der Waals surface area (Å²) in [4.78, 5) is 0. The summed E-state index contributed by atoms with van der Waals surface area (Å²) in [6.45, 7) is 3.72. The van der Waals surface area contributed by atoms with E-state index in [2.05, 4.69) is 10.6 Å². The molecule has 0 aromatic heterocycles. The van der Waals surface area contributed by atoms with Gasteiger partial charge in [0, 0.05) is 6.04 Å². The SMILES string of the molecule is C1CCC(NCC2CCNC2)C1. The number of nitrogens with one attached hydrogen (secondary N) is 2. The zero-order chi connectivity index (χ0) is 8.23. The van der Waals surface area contributed by atoms with Crippen LogP contribution in [-0.2, 0) is 0 Å². The minimum atomic E-state index is 0.852. The van der Waals surface area contributed by atoms with Gasteiger partial charge in [-0.1, -0.05) is 12.8 Å². The van der Waals surface area contributed by atoms with Crippen molar-refractivity contribution in [2.45, 2.75) is 38.1 Å². The largest absolute Gasteiger partial charge is 0.316 e. The Morgan fingerprint density at radius 1 is 1.17 bits per heavy atom. The molecule has 0 radical (unpaired) electrons. The third-order valence-electron chi connectivity index (χ3n) is 3.21. The van der Waals surface area contributed by atoms with Gasteiger partial charge in [0.15, 0.2) is 0 Å². The van der Waals surface area contributed by atoms with E-state index in [0.29, 0.717) is 0 Å². The standard InChI is InChI=1S/C10H20N2/c1-2-4-10(3-1)12-8-9-5-6-11-7-9/h9-12H,1-8H2. The molecule has 1 atom stereocenters. The Morgan fingerprint density at radius 3 is 2.67 bits per heavy atom. The van der Waals surface area contributed by atoms with Crippen LogP contribution in [0, 0.1) is 5.92 Å². The van der Waals surface area contributed by atoms with Gasteiger partial charge in [0.1, 0.15) is 0 Å². The van der Waals surface area contributed by atoms with Gasteiger partial charge in [-0.25, -0.2) is 0 Å². The third-order valence-corrected chi connectivity index (χ3v) is 3.21. The van der Waals surface area contributed by atoms with E-state index in [0.717, 1.165) is 12.0 Å². The van der Waals surface area contributed by atoms with E-state index in [1.807, 2.05) is 0 Å². The Kier molecular flexibility index (Phi) is 3.01. The fraction of sp³-hybridized carbons (Fsp3) is 1.00. The third kappa shape index (κ3) is 2.20. The van der Waals surface area contributed by atoms with Crippen LogP contribution in [0.2, 0.25) is 0 Å². The summed E-state index contributed by atoms with van der Waals surface area (Å²) in [5, 5.41) is 7.09. The van der Waals surface area contributed by atoms with E-state index < -0.39 is 0 Å². The van der Waals surface area contributed by atoms with E-state index >= 15 is 0 Å². The average Bonchev–Trinajstić information content (AvgIpc) is 2.74.